The van der Waals surface area contributed by atoms with Crippen LogP contribution in [0.1, 0.15) is 29.2 Å². The SMILES string of the molecule is CCOc1cc(/C=C2\SC(=O)N(Cc3ccc(C)cc3)C2=O)cc(Br)c1OCc1ccccc1. The maximum Gasteiger partial charge on any atom is 0.293 e. The van der Waals surface area contributed by atoms with Gasteiger partial charge in [0.25, 0.3) is 11.1 Å². The summed E-state index contributed by atoms with van der Waals surface area (Å²) in [6.07, 6.45) is 1.72. The third kappa shape index (κ3) is 5.72. The molecule has 0 saturated carbocycles. The summed E-state index contributed by atoms with van der Waals surface area (Å²) in [5, 5.41) is -0.274. The number of carbonyl (C=O) groups excluding carboxylic acids is 2. The van der Waals surface area contributed by atoms with Gasteiger partial charge >= 0.3 is 0 Å². The maximum atomic E-state index is 13.0. The minimum Gasteiger partial charge on any atom is -0.490 e. The zero-order chi connectivity index (χ0) is 24.1. The van der Waals surface area contributed by atoms with E-state index in [1.54, 1.807) is 6.08 Å². The van der Waals surface area contributed by atoms with E-state index < -0.39 is 0 Å². The Morgan fingerprint density at radius 1 is 0.971 bits per heavy atom. The van der Waals surface area contributed by atoms with E-state index in [2.05, 4.69) is 15.9 Å². The van der Waals surface area contributed by atoms with Gasteiger partial charge in [-0.05, 0) is 76.4 Å². The van der Waals surface area contributed by atoms with Crippen LogP contribution in [0, 0.1) is 6.92 Å². The van der Waals surface area contributed by atoms with Gasteiger partial charge in [0.05, 0.1) is 22.5 Å². The van der Waals surface area contributed by atoms with Crippen molar-refractivity contribution in [1.82, 2.24) is 4.90 Å². The van der Waals surface area contributed by atoms with Crippen LogP contribution in [-0.4, -0.2) is 22.7 Å². The van der Waals surface area contributed by atoms with Crippen molar-refractivity contribution in [3.8, 4) is 11.5 Å². The summed E-state index contributed by atoms with van der Waals surface area (Å²) in [6, 6.07) is 21.4. The predicted molar refractivity (Wildman–Crippen MR) is 139 cm³/mol. The van der Waals surface area contributed by atoms with Crippen molar-refractivity contribution < 1.29 is 19.1 Å². The predicted octanol–water partition coefficient (Wildman–Crippen LogP) is 6.97. The molecule has 1 heterocycles. The number of carbonyl (C=O) groups is 2. The summed E-state index contributed by atoms with van der Waals surface area (Å²) in [7, 11) is 0. The first-order chi connectivity index (χ1) is 16.4. The molecule has 4 rings (SSSR count). The van der Waals surface area contributed by atoms with Crippen LogP contribution in [0.3, 0.4) is 0 Å². The fourth-order valence-electron chi connectivity index (χ4n) is 3.47. The van der Waals surface area contributed by atoms with Gasteiger partial charge in [-0.1, -0.05) is 60.2 Å². The summed E-state index contributed by atoms with van der Waals surface area (Å²) in [6.45, 7) is 5.01. The molecule has 0 spiro atoms. The lowest BCUT2D eigenvalue weighted by atomic mass is 10.1. The van der Waals surface area contributed by atoms with Crippen LogP contribution in [0.15, 0.2) is 76.1 Å². The number of thioether (sulfide) groups is 1. The molecule has 0 radical (unpaired) electrons. The largest absolute Gasteiger partial charge is 0.490 e. The Morgan fingerprint density at radius 2 is 1.71 bits per heavy atom. The fraction of sp³-hybridized carbons (Fsp3) is 0.185. The third-order valence-electron chi connectivity index (χ3n) is 5.19. The average molecular weight is 538 g/mol. The molecule has 2 amide bonds. The molecule has 174 valence electrons. The van der Waals surface area contributed by atoms with Crippen molar-refractivity contribution in [3.05, 3.63) is 98.4 Å². The minimum atomic E-state index is -0.297. The zero-order valence-electron chi connectivity index (χ0n) is 18.9. The van der Waals surface area contributed by atoms with E-state index in [-0.39, 0.29) is 17.7 Å². The number of benzene rings is 3. The van der Waals surface area contributed by atoms with Crippen LogP contribution >= 0.6 is 27.7 Å². The van der Waals surface area contributed by atoms with E-state index in [1.165, 1.54) is 4.90 Å². The molecule has 3 aromatic carbocycles. The first-order valence-corrected chi connectivity index (χ1v) is 12.5. The molecule has 5 nitrogen and oxygen atoms in total. The van der Waals surface area contributed by atoms with Gasteiger partial charge in [0.15, 0.2) is 11.5 Å². The molecule has 0 aliphatic carbocycles. The highest BCUT2D eigenvalue weighted by atomic mass is 79.9. The molecule has 0 unspecified atom stereocenters. The highest BCUT2D eigenvalue weighted by Gasteiger charge is 2.35. The van der Waals surface area contributed by atoms with E-state index in [4.69, 9.17) is 9.47 Å². The molecule has 1 aliphatic heterocycles. The topological polar surface area (TPSA) is 55.8 Å². The summed E-state index contributed by atoms with van der Waals surface area (Å²) < 4.78 is 12.6. The number of hydrogen-bond acceptors (Lipinski definition) is 5. The van der Waals surface area contributed by atoms with Crippen molar-refractivity contribution in [2.75, 3.05) is 6.61 Å². The molecule has 1 aliphatic rings. The van der Waals surface area contributed by atoms with Crippen molar-refractivity contribution in [2.24, 2.45) is 0 Å². The number of halogens is 1. The number of rotatable bonds is 8. The van der Waals surface area contributed by atoms with Gasteiger partial charge in [-0.3, -0.25) is 14.5 Å². The van der Waals surface area contributed by atoms with Crippen molar-refractivity contribution >= 4 is 44.9 Å². The lowest BCUT2D eigenvalue weighted by Gasteiger charge is -2.15. The first-order valence-electron chi connectivity index (χ1n) is 10.9. The maximum absolute atomic E-state index is 13.0. The second-order valence-electron chi connectivity index (χ2n) is 7.79. The lowest BCUT2D eigenvalue weighted by molar-refractivity contribution is -0.123. The molecule has 7 heteroatoms. The van der Waals surface area contributed by atoms with E-state index in [1.807, 2.05) is 80.6 Å². The fourth-order valence-corrected chi connectivity index (χ4v) is 4.88. The second kappa shape index (κ2) is 10.9. The molecular weight excluding hydrogens is 514 g/mol. The average Bonchev–Trinajstić information content (AvgIpc) is 3.08. The quantitative estimate of drug-likeness (QED) is 0.290. The van der Waals surface area contributed by atoms with Gasteiger partial charge in [-0.2, -0.15) is 0 Å². The summed E-state index contributed by atoms with van der Waals surface area (Å²) in [4.78, 5) is 27.2. The van der Waals surface area contributed by atoms with Crippen LogP contribution in [0.25, 0.3) is 6.08 Å². The van der Waals surface area contributed by atoms with Gasteiger partial charge in [0, 0.05) is 0 Å². The second-order valence-corrected chi connectivity index (χ2v) is 9.64. The van der Waals surface area contributed by atoms with Gasteiger partial charge in [0.2, 0.25) is 0 Å². The van der Waals surface area contributed by atoms with E-state index in [0.717, 1.165) is 34.0 Å². The van der Waals surface area contributed by atoms with Crippen molar-refractivity contribution in [2.45, 2.75) is 27.0 Å². The van der Waals surface area contributed by atoms with E-state index >= 15 is 0 Å². The van der Waals surface area contributed by atoms with E-state index in [9.17, 15) is 9.59 Å². The number of amides is 2. The molecule has 0 N–H and O–H groups in total. The summed E-state index contributed by atoms with van der Waals surface area (Å²) in [5.41, 5.74) is 3.83. The first kappa shape index (κ1) is 24.1. The van der Waals surface area contributed by atoms with Crippen LogP contribution < -0.4 is 9.47 Å². The Balaban J connectivity index is 1.55. The van der Waals surface area contributed by atoms with Gasteiger partial charge < -0.3 is 9.47 Å². The third-order valence-corrected chi connectivity index (χ3v) is 6.69. The standard InChI is InChI=1S/C27H24BrNO4S/c1-3-32-23-14-21(13-22(28)25(23)33-17-20-7-5-4-6-8-20)15-24-26(30)29(27(31)34-24)16-19-11-9-18(2)10-12-19/h4-15H,3,16-17H2,1-2H3/b24-15-. The Morgan fingerprint density at radius 3 is 2.41 bits per heavy atom. The molecule has 1 saturated heterocycles. The molecule has 34 heavy (non-hydrogen) atoms. The number of nitrogens with zero attached hydrogens (tertiary/aromatic N) is 1. The smallest absolute Gasteiger partial charge is 0.293 e. The zero-order valence-corrected chi connectivity index (χ0v) is 21.3. The van der Waals surface area contributed by atoms with E-state index in [0.29, 0.717) is 34.1 Å². The monoisotopic (exact) mass is 537 g/mol. The highest BCUT2D eigenvalue weighted by Crippen LogP contribution is 2.40. The minimum absolute atomic E-state index is 0.252. The van der Waals surface area contributed by atoms with Crippen molar-refractivity contribution in [1.29, 1.82) is 0 Å². The number of ether oxygens (including phenoxy) is 2. The molecule has 0 bridgehead atoms. The Kier molecular flexibility index (Phi) is 7.75. The molecular formula is C27H24BrNO4S. The normalized spacial score (nSPS) is 14.7. The van der Waals surface area contributed by atoms with Crippen molar-refractivity contribution in [3.63, 3.8) is 0 Å². The molecule has 0 atom stereocenters. The van der Waals surface area contributed by atoms with Gasteiger partial charge in [0.1, 0.15) is 6.61 Å². The number of imide groups is 1. The highest BCUT2D eigenvalue weighted by molar-refractivity contribution is 9.10. The summed E-state index contributed by atoms with van der Waals surface area (Å²) >= 11 is 4.52. The molecule has 0 aromatic heterocycles. The van der Waals surface area contributed by atoms with Crippen LogP contribution in [0.4, 0.5) is 4.79 Å². The van der Waals surface area contributed by atoms with Gasteiger partial charge in [-0.15, -0.1) is 0 Å². The summed E-state index contributed by atoms with van der Waals surface area (Å²) in [5.74, 6) is 0.863. The number of hydrogen-bond donors (Lipinski definition) is 0. The Labute approximate surface area is 211 Å². The van der Waals surface area contributed by atoms with Crippen LogP contribution in [0.5, 0.6) is 11.5 Å². The molecule has 1 fully saturated rings. The lowest BCUT2D eigenvalue weighted by Crippen LogP contribution is -2.27. The van der Waals surface area contributed by atoms with Crippen LogP contribution in [0.2, 0.25) is 0 Å². The number of aryl methyl sites for hydroxylation is 1. The molecule has 3 aromatic rings. The Hall–Kier alpha value is -3.03. The Bertz CT molecular complexity index is 1230. The van der Waals surface area contributed by atoms with Crippen LogP contribution in [-0.2, 0) is 17.9 Å². The van der Waals surface area contributed by atoms with Gasteiger partial charge in [-0.25, -0.2) is 0 Å².